The number of likely N-dealkylation sites (tertiary alicyclic amines) is 1. The van der Waals surface area contributed by atoms with Crippen LogP contribution in [0.4, 0.5) is 8.78 Å². The van der Waals surface area contributed by atoms with Crippen LogP contribution in [0.15, 0.2) is 18.2 Å². The van der Waals surface area contributed by atoms with E-state index in [1.165, 1.54) is 38.5 Å². The quantitative estimate of drug-likeness (QED) is 0.491. The maximum absolute atomic E-state index is 14.9. The lowest BCUT2D eigenvalue weighted by molar-refractivity contribution is -0.151. The molecule has 212 valence electrons. The molecule has 4 rings (SSSR count). The van der Waals surface area contributed by atoms with Crippen LogP contribution < -0.4 is 0 Å². The number of benzene rings is 1. The minimum Gasteiger partial charge on any atom is -0.468 e. The number of piperazine rings is 1. The molecule has 1 aromatic carbocycles. The monoisotopic (exact) mass is 533 g/mol. The lowest BCUT2D eigenvalue weighted by Gasteiger charge is -2.44. The number of amides is 1. The fraction of sp³-hybridized carbons (Fsp3) is 0.733. The molecule has 6 nitrogen and oxygen atoms in total. The predicted molar refractivity (Wildman–Crippen MR) is 144 cm³/mol. The van der Waals surface area contributed by atoms with Crippen molar-refractivity contribution in [3.63, 3.8) is 0 Å². The topological polar surface area (TPSA) is 53.1 Å². The van der Waals surface area contributed by atoms with Gasteiger partial charge in [-0.1, -0.05) is 38.2 Å². The van der Waals surface area contributed by atoms with Gasteiger partial charge in [0.2, 0.25) is 5.91 Å². The summed E-state index contributed by atoms with van der Waals surface area (Å²) >= 11 is 0. The van der Waals surface area contributed by atoms with Crippen LogP contribution in [0.1, 0.15) is 77.7 Å². The normalized spacial score (nSPS) is 26.9. The van der Waals surface area contributed by atoms with Crippen molar-refractivity contribution >= 4 is 11.9 Å². The van der Waals surface area contributed by atoms with Crippen LogP contribution in [-0.4, -0.2) is 84.0 Å². The summed E-state index contributed by atoms with van der Waals surface area (Å²) in [6, 6.07) is 3.32. The summed E-state index contributed by atoms with van der Waals surface area (Å²) in [5, 5.41) is 0. The van der Waals surface area contributed by atoms with Crippen molar-refractivity contribution in [2.45, 2.75) is 89.8 Å². The summed E-state index contributed by atoms with van der Waals surface area (Å²) in [5.74, 6) is -1.60. The molecule has 1 amide bonds. The third-order valence-corrected chi connectivity index (χ3v) is 9.09. The highest BCUT2D eigenvalue weighted by molar-refractivity contribution is 5.81. The molecule has 2 saturated heterocycles. The van der Waals surface area contributed by atoms with Crippen LogP contribution in [0.3, 0.4) is 0 Å². The first-order valence-electron chi connectivity index (χ1n) is 14.3. The van der Waals surface area contributed by atoms with E-state index >= 15 is 0 Å². The molecule has 38 heavy (non-hydrogen) atoms. The number of carbonyl (C=O) groups excluding carboxylic acids is 2. The molecule has 0 N–H and O–H groups in total. The van der Waals surface area contributed by atoms with Gasteiger partial charge in [0.05, 0.1) is 13.0 Å². The summed E-state index contributed by atoms with van der Waals surface area (Å²) in [5.41, 5.74) is 0.224. The zero-order chi connectivity index (χ0) is 27.6. The molecular formula is C30H45F2N3O3. The molecule has 0 spiro atoms. The van der Waals surface area contributed by atoms with Crippen molar-refractivity contribution in [2.75, 3.05) is 39.8 Å². The number of carbonyl (C=O) groups is 2. The van der Waals surface area contributed by atoms with Crippen molar-refractivity contribution in [2.24, 2.45) is 11.8 Å². The largest absolute Gasteiger partial charge is 0.468 e. The van der Waals surface area contributed by atoms with E-state index in [4.69, 9.17) is 4.74 Å². The van der Waals surface area contributed by atoms with Gasteiger partial charge in [-0.05, 0) is 51.7 Å². The maximum Gasteiger partial charge on any atom is 0.323 e. The highest BCUT2D eigenvalue weighted by Crippen LogP contribution is 2.39. The van der Waals surface area contributed by atoms with Crippen LogP contribution in [0.2, 0.25) is 0 Å². The molecule has 1 aromatic rings. The van der Waals surface area contributed by atoms with E-state index < -0.39 is 17.6 Å². The number of nitrogens with zero attached hydrogens (tertiary/aromatic N) is 3. The number of esters is 1. The molecule has 2 heterocycles. The van der Waals surface area contributed by atoms with Gasteiger partial charge >= 0.3 is 5.97 Å². The summed E-state index contributed by atoms with van der Waals surface area (Å²) in [6.45, 7) is 11.1. The fourth-order valence-corrected chi connectivity index (χ4v) is 6.80. The van der Waals surface area contributed by atoms with Gasteiger partial charge < -0.3 is 9.64 Å². The number of methoxy groups -OCH3 is 1. The summed E-state index contributed by atoms with van der Waals surface area (Å²) in [4.78, 5) is 33.1. The van der Waals surface area contributed by atoms with Crippen LogP contribution in [0.5, 0.6) is 0 Å². The zero-order valence-corrected chi connectivity index (χ0v) is 23.7. The van der Waals surface area contributed by atoms with Crippen LogP contribution in [0, 0.1) is 23.5 Å². The van der Waals surface area contributed by atoms with E-state index in [1.807, 2.05) is 11.8 Å². The SMILES string of the molecule is COC(=O)[C@H](CC1CCCCC1)N1CCN(C(=O)[C@@H]2CN(C(C)(C)C)C[C@H]2c2ccc(F)cc2F)[C@@H](C)C1. The van der Waals surface area contributed by atoms with Gasteiger partial charge in [-0.2, -0.15) is 0 Å². The van der Waals surface area contributed by atoms with Gasteiger partial charge in [-0.25, -0.2) is 8.78 Å². The molecule has 8 heteroatoms. The van der Waals surface area contributed by atoms with E-state index in [9.17, 15) is 18.4 Å². The van der Waals surface area contributed by atoms with E-state index in [-0.39, 0.29) is 35.4 Å². The molecule has 0 radical (unpaired) electrons. The Hall–Kier alpha value is -2.06. The average Bonchev–Trinajstić information content (AvgIpc) is 3.33. The van der Waals surface area contributed by atoms with Crippen molar-refractivity contribution in [3.05, 3.63) is 35.4 Å². The average molecular weight is 534 g/mol. The third kappa shape index (κ3) is 6.39. The van der Waals surface area contributed by atoms with E-state index in [0.29, 0.717) is 44.2 Å². The number of hydrogen-bond acceptors (Lipinski definition) is 5. The Morgan fingerprint density at radius 1 is 1.05 bits per heavy atom. The van der Waals surface area contributed by atoms with Gasteiger partial charge in [-0.3, -0.25) is 19.4 Å². The standard InChI is InChI=1S/C30H45F2N3O3/c1-20-17-33(27(29(37)38-5)15-21-9-7-6-8-10-21)13-14-35(20)28(36)25-19-34(30(2,3)4)18-24(25)23-12-11-22(31)16-26(23)32/h11-12,16,20-21,24-25,27H,6-10,13-15,17-19H2,1-5H3/t20-,24-,25+,27-/m0/s1. The molecular weight excluding hydrogens is 488 g/mol. The highest BCUT2D eigenvalue weighted by atomic mass is 19.1. The minimum absolute atomic E-state index is 0.0134. The van der Waals surface area contributed by atoms with Gasteiger partial charge in [0.25, 0.3) is 0 Å². The smallest absolute Gasteiger partial charge is 0.323 e. The van der Waals surface area contributed by atoms with Crippen molar-refractivity contribution in [1.29, 1.82) is 0 Å². The first-order chi connectivity index (χ1) is 18.0. The predicted octanol–water partition coefficient (Wildman–Crippen LogP) is 4.82. The number of ether oxygens (including phenoxy) is 1. The van der Waals surface area contributed by atoms with Gasteiger partial charge in [-0.15, -0.1) is 0 Å². The lowest BCUT2D eigenvalue weighted by Crippen LogP contribution is -2.59. The second-order valence-corrected chi connectivity index (χ2v) is 12.6. The molecule has 3 fully saturated rings. The number of rotatable bonds is 6. The molecule has 2 aliphatic heterocycles. The lowest BCUT2D eigenvalue weighted by atomic mass is 9.84. The highest BCUT2D eigenvalue weighted by Gasteiger charge is 2.46. The molecule has 0 bridgehead atoms. The first kappa shape index (κ1) is 28.9. The van der Waals surface area contributed by atoms with E-state index in [2.05, 4.69) is 30.6 Å². The van der Waals surface area contributed by atoms with Crippen molar-refractivity contribution < 1.29 is 23.1 Å². The molecule has 4 atom stereocenters. The van der Waals surface area contributed by atoms with E-state index in [0.717, 1.165) is 25.3 Å². The summed E-state index contributed by atoms with van der Waals surface area (Å²) in [7, 11) is 1.45. The third-order valence-electron chi connectivity index (χ3n) is 9.09. The first-order valence-corrected chi connectivity index (χ1v) is 14.3. The molecule has 3 aliphatic rings. The van der Waals surface area contributed by atoms with Crippen molar-refractivity contribution in [1.82, 2.24) is 14.7 Å². The summed E-state index contributed by atoms with van der Waals surface area (Å²) in [6.07, 6.45) is 6.85. The van der Waals surface area contributed by atoms with E-state index in [1.54, 1.807) is 0 Å². The summed E-state index contributed by atoms with van der Waals surface area (Å²) < 4.78 is 33.8. The molecule has 0 unspecified atom stereocenters. The van der Waals surface area contributed by atoms with Crippen molar-refractivity contribution in [3.8, 4) is 0 Å². The molecule has 0 aromatic heterocycles. The maximum atomic E-state index is 14.9. The number of hydrogen-bond donors (Lipinski definition) is 0. The second kappa shape index (κ2) is 12.0. The van der Waals surface area contributed by atoms with Gasteiger partial charge in [0.1, 0.15) is 17.7 Å². The van der Waals surface area contributed by atoms with Crippen LogP contribution in [0.25, 0.3) is 0 Å². The Kier molecular flexibility index (Phi) is 9.13. The van der Waals surface area contributed by atoms with Crippen LogP contribution >= 0.6 is 0 Å². The zero-order valence-electron chi connectivity index (χ0n) is 23.7. The Morgan fingerprint density at radius 2 is 1.76 bits per heavy atom. The minimum atomic E-state index is -0.613. The van der Waals surface area contributed by atoms with Gasteiger partial charge in [0.15, 0.2) is 0 Å². The molecule has 1 saturated carbocycles. The molecule has 1 aliphatic carbocycles. The fourth-order valence-electron chi connectivity index (χ4n) is 6.80. The Labute approximate surface area is 226 Å². The number of halogens is 2. The Morgan fingerprint density at radius 3 is 2.37 bits per heavy atom. The Balaban J connectivity index is 1.49. The Bertz CT molecular complexity index is 991. The van der Waals surface area contributed by atoms with Crippen LogP contribution in [-0.2, 0) is 14.3 Å². The van der Waals surface area contributed by atoms with Gasteiger partial charge in [0, 0.05) is 56.3 Å². The second-order valence-electron chi connectivity index (χ2n) is 12.6.